The van der Waals surface area contributed by atoms with Crippen LogP contribution in [-0.2, 0) is 0 Å². The lowest BCUT2D eigenvalue weighted by Gasteiger charge is -2.36. The van der Waals surface area contributed by atoms with Crippen molar-refractivity contribution in [2.24, 2.45) is 0 Å². The molecule has 2 heterocycles. The van der Waals surface area contributed by atoms with Gasteiger partial charge in [-0.3, -0.25) is 0 Å². The minimum atomic E-state index is -0.431. The van der Waals surface area contributed by atoms with Gasteiger partial charge in [-0.1, -0.05) is 17.3 Å². The number of hydrogen-bond acceptors (Lipinski definition) is 6. The molecule has 0 saturated carbocycles. The Morgan fingerprint density at radius 2 is 1.94 bits per heavy atom. The van der Waals surface area contributed by atoms with E-state index >= 15 is 0 Å². The number of benzene rings is 2. The third-order valence-electron chi connectivity index (χ3n) is 5.39. The van der Waals surface area contributed by atoms with Crippen LogP contribution in [0.2, 0.25) is 0 Å². The smallest absolute Gasteiger partial charge is 0.258 e. The van der Waals surface area contributed by atoms with E-state index in [9.17, 15) is 4.39 Å². The van der Waals surface area contributed by atoms with Crippen LogP contribution < -0.4 is 14.8 Å². The third kappa shape index (κ3) is 3.91. The van der Waals surface area contributed by atoms with Crippen LogP contribution in [0.25, 0.3) is 17.0 Å². The van der Waals surface area contributed by atoms with Gasteiger partial charge in [-0.2, -0.15) is 4.98 Å². The van der Waals surface area contributed by atoms with Crippen molar-refractivity contribution in [3.63, 3.8) is 0 Å². The monoisotopic (exact) mass is 454 g/mol. The van der Waals surface area contributed by atoms with Crippen molar-refractivity contribution >= 4 is 22.9 Å². The van der Waals surface area contributed by atoms with Gasteiger partial charge in [0.2, 0.25) is 5.82 Å². The summed E-state index contributed by atoms with van der Waals surface area (Å²) in [6.07, 6.45) is 0. The predicted octanol–water partition coefficient (Wildman–Crippen LogP) is 4.58. The molecule has 166 valence electrons. The maximum absolute atomic E-state index is 14.0. The highest BCUT2D eigenvalue weighted by atomic mass is 32.1. The molecule has 1 unspecified atom stereocenters. The van der Waals surface area contributed by atoms with Crippen molar-refractivity contribution in [2.45, 2.75) is 19.9 Å². The highest BCUT2D eigenvalue weighted by Gasteiger charge is 2.33. The summed E-state index contributed by atoms with van der Waals surface area (Å²) in [6, 6.07) is 11.3. The Morgan fingerprint density at radius 3 is 2.62 bits per heavy atom. The van der Waals surface area contributed by atoms with E-state index in [-0.39, 0.29) is 5.82 Å². The number of ether oxygens (including phenoxy) is 2. The number of methoxy groups -OCH3 is 2. The van der Waals surface area contributed by atoms with E-state index in [4.69, 9.17) is 26.2 Å². The lowest BCUT2D eigenvalue weighted by atomic mass is 9.94. The third-order valence-corrected chi connectivity index (χ3v) is 5.73. The van der Waals surface area contributed by atoms with Crippen LogP contribution in [0.5, 0.6) is 11.5 Å². The Morgan fingerprint density at radius 1 is 1.16 bits per heavy atom. The molecule has 1 aliphatic heterocycles. The Bertz CT molecular complexity index is 1190. The molecule has 0 aliphatic carbocycles. The maximum atomic E-state index is 14.0. The van der Waals surface area contributed by atoms with Gasteiger partial charge in [-0.15, -0.1) is 0 Å². The molecule has 0 amide bonds. The van der Waals surface area contributed by atoms with Crippen molar-refractivity contribution in [1.82, 2.24) is 20.4 Å². The van der Waals surface area contributed by atoms with Crippen molar-refractivity contribution in [1.29, 1.82) is 0 Å². The number of nitrogens with zero attached hydrogens (tertiary/aromatic N) is 3. The summed E-state index contributed by atoms with van der Waals surface area (Å²) in [4.78, 5) is 6.59. The van der Waals surface area contributed by atoms with Crippen LogP contribution in [0.15, 0.2) is 52.7 Å². The lowest BCUT2D eigenvalue weighted by molar-refractivity contribution is 0.355. The van der Waals surface area contributed by atoms with E-state index < -0.39 is 6.04 Å². The van der Waals surface area contributed by atoms with Gasteiger partial charge in [0.1, 0.15) is 5.82 Å². The number of rotatable bonds is 6. The summed E-state index contributed by atoms with van der Waals surface area (Å²) in [5.41, 5.74) is 3.03. The van der Waals surface area contributed by atoms with Gasteiger partial charge in [0, 0.05) is 17.8 Å². The summed E-state index contributed by atoms with van der Waals surface area (Å²) >= 11 is 5.54. The average molecular weight is 455 g/mol. The number of allylic oxidation sites excluding steroid dienone is 1. The van der Waals surface area contributed by atoms with Crippen LogP contribution in [0.1, 0.15) is 31.3 Å². The number of halogens is 1. The normalized spacial score (nSPS) is 16.2. The van der Waals surface area contributed by atoms with Gasteiger partial charge in [0.15, 0.2) is 16.6 Å². The summed E-state index contributed by atoms with van der Waals surface area (Å²) in [7, 11) is 3.14. The minimum Gasteiger partial charge on any atom is -0.493 e. The molecule has 2 aromatic carbocycles. The SMILES string of the molecule is CCN1C(=S)NC(c2cccc(F)c2)C(c2nc(-c3ccc(OC)c(OC)c3)no2)=C1C. The molecule has 3 aromatic rings. The molecule has 0 fully saturated rings. The van der Waals surface area contributed by atoms with Gasteiger partial charge < -0.3 is 24.2 Å². The zero-order chi connectivity index (χ0) is 22.8. The first kappa shape index (κ1) is 21.8. The van der Waals surface area contributed by atoms with E-state index in [0.29, 0.717) is 46.0 Å². The van der Waals surface area contributed by atoms with Crippen LogP contribution >= 0.6 is 12.2 Å². The Hall–Kier alpha value is -3.46. The number of aromatic nitrogens is 2. The standard InChI is InChI=1S/C23H23FN4O3S/c1-5-28-13(2)19(20(25-23(28)32)14-7-6-8-16(24)11-14)22-26-21(27-31-22)15-9-10-17(29-3)18(12-15)30-4/h6-12,20H,5H2,1-4H3,(H,25,32). The van der Waals surface area contributed by atoms with Crippen LogP contribution in [0.3, 0.4) is 0 Å². The fourth-order valence-electron chi connectivity index (χ4n) is 3.80. The molecule has 32 heavy (non-hydrogen) atoms. The molecule has 0 saturated heterocycles. The first-order chi connectivity index (χ1) is 15.5. The van der Waals surface area contributed by atoms with Crippen molar-refractivity contribution in [3.8, 4) is 22.9 Å². The van der Waals surface area contributed by atoms with Crippen molar-refractivity contribution in [2.75, 3.05) is 20.8 Å². The van der Waals surface area contributed by atoms with E-state index in [0.717, 1.165) is 11.3 Å². The van der Waals surface area contributed by atoms with Crippen LogP contribution in [0, 0.1) is 5.82 Å². The molecule has 0 spiro atoms. The van der Waals surface area contributed by atoms with E-state index in [2.05, 4.69) is 15.5 Å². The highest BCUT2D eigenvalue weighted by molar-refractivity contribution is 7.80. The number of thiocarbonyl (C=S) groups is 1. The van der Waals surface area contributed by atoms with E-state index in [1.165, 1.54) is 12.1 Å². The van der Waals surface area contributed by atoms with Crippen LogP contribution in [-0.4, -0.2) is 40.9 Å². The maximum Gasteiger partial charge on any atom is 0.258 e. The lowest BCUT2D eigenvalue weighted by Crippen LogP contribution is -2.45. The Balaban J connectivity index is 1.80. The fourth-order valence-corrected chi connectivity index (χ4v) is 4.18. The molecule has 1 aliphatic rings. The summed E-state index contributed by atoms with van der Waals surface area (Å²) in [5, 5.41) is 8.02. The molecule has 4 rings (SSSR count). The highest BCUT2D eigenvalue weighted by Crippen LogP contribution is 2.38. The van der Waals surface area contributed by atoms with Crippen molar-refractivity contribution < 1.29 is 18.4 Å². The molecular weight excluding hydrogens is 431 g/mol. The largest absolute Gasteiger partial charge is 0.493 e. The Kier molecular flexibility index (Phi) is 6.09. The molecule has 0 bridgehead atoms. The molecule has 7 nitrogen and oxygen atoms in total. The van der Waals surface area contributed by atoms with E-state index in [1.54, 1.807) is 32.4 Å². The first-order valence-electron chi connectivity index (χ1n) is 10.1. The van der Waals surface area contributed by atoms with Gasteiger partial charge in [-0.25, -0.2) is 4.39 Å². The van der Waals surface area contributed by atoms with Gasteiger partial charge in [0.25, 0.3) is 5.89 Å². The number of hydrogen-bond donors (Lipinski definition) is 1. The average Bonchev–Trinajstić information content (AvgIpc) is 3.28. The first-order valence-corrected chi connectivity index (χ1v) is 10.5. The quantitative estimate of drug-likeness (QED) is 0.543. The van der Waals surface area contributed by atoms with Gasteiger partial charge in [-0.05, 0) is 62.0 Å². The number of nitrogens with one attached hydrogen (secondary N) is 1. The molecule has 0 radical (unpaired) electrons. The van der Waals surface area contributed by atoms with Crippen molar-refractivity contribution in [3.05, 3.63) is 65.4 Å². The molecule has 1 aromatic heterocycles. The fraction of sp³-hybridized carbons (Fsp3) is 0.261. The zero-order valence-corrected chi connectivity index (χ0v) is 19.0. The van der Waals surface area contributed by atoms with Gasteiger partial charge in [0.05, 0.1) is 25.8 Å². The van der Waals surface area contributed by atoms with Crippen LogP contribution in [0.4, 0.5) is 4.39 Å². The molecule has 1 atom stereocenters. The second-order valence-electron chi connectivity index (χ2n) is 7.17. The second kappa shape index (κ2) is 8.96. The van der Waals surface area contributed by atoms with E-state index in [1.807, 2.05) is 30.9 Å². The summed E-state index contributed by atoms with van der Waals surface area (Å²) in [6.45, 7) is 4.60. The summed E-state index contributed by atoms with van der Waals surface area (Å²) < 4.78 is 30.3. The van der Waals surface area contributed by atoms with Gasteiger partial charge >= 0.3 is 0 Å². The molecule has 1 N–H and O–H groups in total. The summed E-state index contributed by atoms with van der Waals surface area (Å²) in [5.74, 6) is 1.56. The zero-order valence-electron chi connectivity index (χ0n) is 18.2. The minimum absolute atomic E-state index is 0.329. The topological polar surface area (TPSA) is 72.7 Å². The second-order valence-corrected chi connectivity index (χ2v) is 7.56. The Labute approximate surface area is 190 Å². The molecular formula is C23H23FN4O3S. The predicted molar refractivity (Wildman–Crippen MR) is 123 cm³/mol. The molecule has 9 heteroatoms.